The number of hydrogen-bond acceptors (Lipinski definition) is 2. The Labute approximate surface area is 87.3 Å². The minimum atomic E-state index is 0.633. The maximum atomic E-state index is 6.00. The second kappa shape index (κ2) is 3.80. The van der Waals surface area contributed by atoms with Gasteiger partial charge in [0.2, 0.25) is 0 Å². The Morgan fingerprint density at radius 2 is 2.29 bits per heavy atom. The lowest BCUT2D eigenvalue weighted by molar-refractivity contribution is 0.661. The van der Waals surface area contributed by atoms with Crippen molar-refractivity contribution in [2.45, 2.75) is 13.5 Å². The summed E-state index contributed by atoms with van der Waals surface area (Å²) in [5, 5.41) is 4.96. The highest BCUT2D eigenvalue weighted by Gasteiger charge is 2.06. The van der Waals surface area contributed by atoms with Gasteiger partial charge >= 0.3 is 0 Å². The maximum Gasteiger partial charge on any atom is 0.112 e. The van der Waals surface area contributed by atoms with E-state index in [4.69, 9.17) is 11.6 Å². The third-order valence-corrected chi connectivity index (χ3v) is 2.27. The number of rotatable bonds is 2. The van der Waals surface area contributed by atoms with Crippen LogP contribution in [-0.4, -0.2) is 14.8 Å². The molecule has 0 N–H and O–H groups in total. The van der Waals surface area contributed by atoms with Crippen LogP contribution in [0.15, 0.2) is 30.6 Å². The van der Waals surface area contributed by atoms with Crippen LogP contribution in [0, 0.1) is 0 Å². The van der Waals surface area contributed by atoms with E-state index >= 15 is 0 Å². The van der Waals surface area contributed by atoms with E-state index in [1.54, 1.807) is 6.20 Å². The summed E-state index contributed by atoms with van der Waals surface area (Å²) in [6, 6.07) is 5.54. The fourth-order valence-corrected chi connectivity index (χ4v) is 1.46. The van der Waals surface area contributed by atoms with Crippen LogP contribution in [0.2, 0.25) is 5.02 Å². The molecule has 72 valence electrons. The highest BCUT2D eigenvalue weighted by Crippen LogP contribution is 2.22. The summed E-state index contributed by atoms with van der Waals surface area (Å²) in [6.45, 7) is 2.89. The van der Waals surface area contributed by atoms with Crippen LogP contribution in [0.25, 0.3) is 11.4 Å². The lowest BCUT2D eigenvalue weighted by atomic mass is 10.3. The molecule has 0 spiro atoms. The van der Waals surface area contributed by atoms with Crippen molar-refractivity contribution in [1.29, 1.82) is 0 Å². The summed E-state index contributed by atoms with van der Waals surface area (Å²) < 4.78 is 1.85. The quantitative estimate of drug-likeness (QED) is 0.758. The Morgan fingerprint density at radius 3 is 2.93 bits per heavy atom. The summed E-state index contributed by atoms with van der Waals surface area (Å²) in [7, 11) is 0. The Hall–Kier alpha value is -1.35. The zero-order valence-corrected chi connectivity index (χ0v) is 8.57. The Bertz CT molecular complexity index is 436. The van der Waals surface area contributed by atoms with Crippen molar-refractivity contribution in [3.8, 4) is 11.4 Å². The van der Waals surface area contributed by atoms with E-state index in [1.807, 2.05) is 36.0 Å². The fourth-order valence-electron chi connectivity index (χ4n) is 1.24. The number of pyridine rings is 1. The van der Waals surface area contributed by atoms with Crippen molar-refractivity contribution in [2.24, 2.45) is 0 Å². The molecule has 0 unspecified atom stereocenters. The standard InChI is InChI=1S/C10H10ClN3/c1-2-14-7-5-9(13-14)10-8(11)4-3-6-12-10/h3-7H,2H2,1H3. The van der Waals surface area contributed by atoms with Gasteiger partial charge < -0.3 is 0 Å². The summed E-state index contributed by atoms with van der Waals surface area (Å²) in [4.78, 5) is 4.19. The van der Waals surface area contributed by atoms with Crippen molar-refractivity contribution in [3.63, 3.8) is 0 Å². The molecule has 2 heterocycles. The SMILES string of the molecule is CCn1ccc(-c2ncccc2Cl)n1. The molecule has 0 aliphatic heterocycles. The van der Waals surface area contributed by atoms with E-state index in [0.29, 0.717) is 5.02 Å². The van der Waals surface area contributed by atoms with Gasteiger partial charge in [0.05, 0.1) is 5.02 Å². The van der Waals surface area contributed by atoms with Gasteiger partial charge in [-0.05, 0) is 25.1 Å². The molecule has 4 heteroatoms. The van der Waals surface area contributed by atoms with Gasteiger partial charge in [0, 0.05) is 18.9 Å². The molecule has 0 aromatic carbocycles. The molecule has 3 nitrogen and oxygen atoms in total. The third kappa shape index (κ3) is 1.63. The number of nitrogens with zero attached hydrogens (tertiary/aromatic N) is 3. The van der Waals surface area contributed by atoms with Gasteiger partial charge in [0.15, 0.2) is 0 Å². The molecule has 14 heavy (non-hydrogen) atoms. The molecule has 0 aliphatic rings. The molecule has 2 rings (SSSR count). The summed E-state index contributed by atoms with van der Waals surface area (Å²) in [6.07, 6.45) is 3.63. The van der Waals surface area contributed by atoms with E-state index in [1.165, 1.54) is 0 Å². The Balaban J connectivity index is 2.44. The second-order valence-corrected chi connectivity index (χ2v) is 3.30. The highest BCUT2D eigenvalue weighted by atomic mass is 35.5. The predicted octanol–water partition coefficient (Wildman–Crippen LogP) is 2.62. The first-order valence-corrected chi connectivity index (χ1v) is 4.83. The van der Waals surface area contributed by atoms with E-state index in [9.17, 15) is 0 Å². The molecule has 0 fully saturated rings. The molecule has 0 aliphatic carbocycles. The molecule has 2 aromatic heterocycles. The summed E-state index contributed by atoms with van der Waals surface area (Å²) >= 11 is 6.00. The second-order valence-electron chi connectivity index (χ2n) is 2.89. The minimum absolute atomic E-state index is 0.633. The molecular formula is C10H10ClN3. The van der Waals surface area contributed by atoms with Crippen LogP contribution in [0.3, 0.4) is 0 Å². The normalized spacial score (nSPS) is 10.4. The van der Waals surface area contributed by atoms with Crippen LogP contribution >= 0.6 is 11.6 Å². The average Bonchev–Trinajstić information content (AvgIpc) is 2.67. The van der Waals surface area contributed by atoms with Crippen LogP contribution < -0.4 is 0 Å². The Morgan fingerprint density at radius 1 is 1.43 bits per heavy atom. The van der Waals surface area contributed by atoms with Gasteiger partial charge in [-0.2, -0.15) is 5.10 Å². The molecule has 0 saturated heterocycles. The maximum absolute atomic E-state index is 6.00. The third-order valence-electron chi connectivity index (χ3n) is 1.97. The topological polar surface area (TPSA) is 30.7 Å². The first-order valence-electron chi connectivity index (χ1n) is 4.45. The summed E-state index contributed by atoms with van der Waals surface area (Å²) in [5.74, 6) is 0. The summed E-state index contributed by atoms with van der Waals surface area (Å²) in [5.41, 5.74) is 1.55. The number of hydrogen-bond donors (Lipinski definition) is 0. The van der Waals surface area contributed by atoms with E-state index in [0.717, 1.165) is 17.9 Å². The van der Waals surface area contributed by atoms with Gasteiger partial charge in [-0.3, -0.25) is 9.67 Å². The molecular weight excluding hydrogens is 198 g/mol. The van der Waals surface area contributed by atoms with Gasteiger partial charge in [0.1, 0.15) is 11.4 Å². The van der Waals surface area contributed by atoms with Crippen molar-refractivity contribution in [3.05, 3.63) is 35.6 Å². The van der Waals surface area contributed by atoms with E-state index in [2.05, 4.69) is 10.1 Å². The molecule has 0 atom stereocenters. The lowest BCUT2D eigenvalue weighted by Gasteiger charge is -1.98. The van der Waals surface area contributed by atoms with Gasteiger partial charge in [-0.1, -0.05) is 11.6 Å². The Kier molecular flexibility index (Phi) is 2.50. The predicted molar refractivity (Wildman–Crippen MR) is 56.1 cm³/mol. The molecule has 0 amide bonds. The van der Waals surface area contributed by atoms with Crippen LogP contribution in [-0.2, 0) is 6.54 Å². The van der Waals surface area contributed by atoms with Gasteiger partial charge in [-0.15, -0.1) is 0 Å². The van der Waals surface area contributed by atoms with Crippen molar-refractivity contribution in [2.75, 3.05) is 0 Å². The van der Waals surface area contributed by atoms with Crippen molar-refractivity contribution in [1.82, 2.24) is 14.8 Å². The molecule has 0 radical (unpaired) electrons. The van der Waals surface area contributed by atoms with Gasteiger partial charge in [-0.25, -0.2) is 0 Å². The number of aromatic nitrogens is 3. The molecule has 0 saturated carbocycles. The van der Waals surface area contributed by atoms with Crippen molar-refractivity contribution >= 4 is 11.6 Å². The van der Waals surface area contributed by atoms with Crippen LogP contribution in [0.1, 0.15) is 6.92 Å². The first kappa shape index (κ1) is 9.21. The van der Waals surface area contributed by atoms with E-state index in [-0.39, 0.29) is 0 Å². The minimum Gasteiger partial charge on any atom is -0.272 e. The largest absolute Gasteiger partial charge is 0.272 e. The highest BCUT2D eigenvalue weighted by molar-refractivity contribution is 6.32. The van der Waals surface area contributed by atoms with Gasteiger partial charge in [0.25, 0.3) is 0 Å². The van der Waals surface area contributed by atoms with Crippen LogP contribution in [0.4, 0.5) is 0 Å². The zero-order chi connectivity index (χ0) is 9.97. The number of aryl methyl sites for hydroxylation is 1. The lowest BCUT2D eigenvalue weighted by Crippen LogP contribution is -1.94. The molecule has 0 bridgehead atoms. The fraction of sp³-hybridized carbons (Fsp3) is 0.200. The smallest absolute Gasteiger partial charge is 0.112 e. The zero-order valence-electron chi connectivity index (χ0n) is 7.81. The monoisotopic (exact) mass is 207 g/mol. The van der Waals surface area contributed by atoms with Crippen molar-refractivity contribution < 1.29 is 0 Å². The number of halogens is 1. The molecule has 2 aromatic rings. The first-order chi connectivity index (χ1) is 6.81. The average molecular weight is 208 g/mol. The van der Waals surface area contributed by atoms with Crippen LogP contribution in [0.5, 0.6) is 0 Å². The van der Waals surface area contributed by atoms with E-state index < -0.39 is 0 Å².